The largest absolute Gasteiger partial charge is 0.456 e. The molecule has 0 spiro atoms. The van der Waals surface area contributed by atoms with Crippen LogP contribution < -0.4 is 4.90 Å². The molecule has 3 nitrogen and oxygen atoms in total. The van der Waals surface area contributed by atoms with E-state index in [0.29, 0.717) is 0 Å². The predicted molar refractivity (Wildman–Crippen MR) is 216 cm³/mol. The zero-order chi connectivity index (χ0) is 34.6. The minimum atomic E-state index is -0.0551. The summed E-state index contributed by atoms with van der Waals surface area (Å²) in [5, 5.41) is 6.91. The maximum atomic E-state index is 6.39. The van der Waals surface area contributed by atoms with Crippen molar-refractivity contribution in [2.75, 3.05) is 4.90 Å². The van der Waals surface area contributed by atoms with Gasteiger partial charge in [0.05, 0.1) is 0 Å². The number of para-hydroxylation sites is 2. The van der Waals surface area contributed by atoms with Crippen LogP contribution in [0.4, 0.5) is 17.1 Å². The van der Waals surface area contributed by atoms with Crippen LogP contribution in [0.1, 0.15) is 25.0 Å². The Labute approximate surface area is 301 Å². The second-order valence-corrected chi connectivity index (χ2v) is 14.6. The first-order valence-corrected chi connectivity index (χ1v) is 17.9. The van der Waals surface area contributed by atoms with E-state index in [0.717, 1.165) is 60.9 Å². The summed E-state index contributed by atoms with van der Waals surface area (Å²) in [7, 11) is 0. The number of nitrogens with zero attached hydrogens (tertiary/aromatic N) is 1. The van der Waals surface area contributed by atoms with Crippen molar-refractivity contribution in [3.05, 3.63) is 175 Å². The molecule has 10 aromatic rings. The Morgan fingerprint density at radius 2 is 0.981 bits per heavy atom. The second-order valence-electron chi connectivity index (χ2n) is 14.6. The molecule has 1 aliphatic carbocycles. The van der Waals surface area contributed by atoms with Gasteiger partial charge < -0.3 is 13.7 Å². The quantitative estimate of drug-likeness (QED) is 0.187. The smallest absolute Gasteiger partial charge is 0.137 e. The molecule has 1 aliphatic rings. The molecular weight excluding hydrogens is 635 g/mol. The highest BCUT2D eigenvalue weighted by molar-refractivity contribution is 6.10. The lowest BCUT2D eigenvalue weighted by molar-refractivity contribution is 0.660. The molecule has 3 heteroatoms. The van der Waals surface area contributed by atoms with Crippen molar-refractivity contribution in [2.24, 2.45) is 0 Å². The van der Waals surface area contributed by atoms with E-state index in [9.17, 15) is 0 Å². The molecule has 0 fully saturated rings. The first kappa shape index (κ1) is 29.2. The topological polar surface area (TPSA) is 29.5 Å². The van der Waals surface area contributed by atoms with E-state index < -0.39 is 0 Å². The van der Waals surface area contributed by atoms with Crippen LogP contribution in [0.2, 0.25) is 0 Å². The minimum absolute atomic E-state index is 0.0551. The summed E-state index contributed by atoms with van der Waals surface area (Å²) < 4.78 is 12.6. The van der Waals surface area contributed by atoms with Gasteiger partial charge in [-0.1, -0.05) is 105 Å². The van der Waals surface area contributed by atoms with Crippen molar-refractivity contribution in [3.63, 3.8) is 0 Å². The van der Waals surface area contributed by atoms with E-state index in [1.165, 1.54) is 44.2 Å². The molecular formula is C49H33NO2. The normalized spacial score (nSPS) is 13.3. The zero-order valence-corrected chi connectivity index (χ0v) is 28.9. The lowest BCUT2D eigenvalue weighted by Crippen LogP contribution is -2.15. The van der Waals surface area contributed by atoms with Crippen molar-refractivity contribution in [3.8, 4) is 22.3 Å². The van der Waals surface area contributed by atoms with Crippen LogP contribution in [0.15, 0.2) is 173 Å². The van der Waals surface area contributed by atoms with Gasteiger partial charge in [0.25, 0.3) is 0 Å². The van der Waals surface area contributed by atoms with Gasteiger partial charge in [-0.05, 0) is 111 Å². The Bertz CT molecular complexity index is 3050. The van der Waals surface area contributed by atoms with Crippen molar-refractivity contribution < 1.29 is 8.83 Å². The Balaban J connectivity index is 1.04. The Hall–Kier alpha value is -6.58. The standard InChI is InChI=1S/C49H33NO2/c1-49(2)43-12-6-3-9-37(43)41-28-35(22-24-44(41)49)50(36-21-23-40-38-10-4-7-13-45(38)52-48(40)29-36)34-19-17-30(18-20-34)31-15-16-32-27-47-42(26-33(32)25-31)39-11-5-8-14-46(39)51-47/h3-29H,1-2H3. The van der Waals surface area contributed by atoms with Crippen LogP contribution in [0.5, 0.6) is 0 Å². The van der Waals surface area contributed by atoms with Crippen molar-refractivity contribution in [2.45, 2.75) is 19.3 Å². The van der Waals surface area contributed by atoms with Gasteiger partial charge in [-0.3, -0.25) is 0 Å². The van der Waals surface area contributed by atoms with Crippen LogP contribution in [-0.2, 0) is 5.41 Å². The Morgan fingerprint density at radius 3 is 1.79 bits per heavy atom. The van der Waals surface area contributed by atoms with Crippen molar-refractivity contribution >= 4 is 71.7 Å². The molecule has 0 atom stereocenters. The highest BCUT2D eigenvalue weighted by atomic mass is 16.3. The first-order valence-electron chi connectivity index (χ1n) is 17.9. The fraction of sp³-hybridized carbons (Fsp3) is 0.0612. The number of furan rings is 2. The Kier molecular flexibility index (Phi) is 6.01. The van der Waals surface area contributed by atoms with Gasteiger partial charge in [0, 0.05) is 50.1 Å². The van der Waals surface area contributed by atoms with Gasteiger partial charge in [0.2, 0.25) is 0 Å². The van der Waals surface area contributed by atoms with Crippen LogP contribution in [0, 0.1) is 0 Å². The molecule has 0 saturated carbocycles. The summed E-state index contributed by atoms with van der Waals surface area (Å²) in [5.74, 6) is 0. The van der Waals surface area contributed by atoms with Crippen LogP contribution >= 0.6 is 0 Å². The number of anilines is 3. The molecule has 0 unspecified atom stereocenters. The molecule has 0 saturated heterocycles. The number of benzene rings is 8. The molecule has 2 aromatic heterocycles. The molecule has 246 valence electrons. The summed E-state index contributed by atoms with van der Waals surface area (Å²) in [5.41, 5.74) is 14.5. The number of hydrogen-bond acceptors (Lipinski definition) is 3. The van der Waals surface area contributed by atoms with Crippen LogP contribution in [-0.4, -0.2) is 0 Å². The van der Waals surface area contributed by atoms with Gasteiger partial charge in [-0.2, -0.15) is 0 Å². The summed E-state index contributed by atoms with van der Waals surface area (Å²) in [4.78, 5) is 2.35. The number of fused-ring (bicyclic) bond motifs is 10. The summed E-state index contributed by atoms with van der Waals surface area (Å²) in [6.07, 6.45) is 0. The highest BCUT2D eigenvalue weighted by Crippen LogP contribution is 2.51. The van der Waals surface area contributed by atoms with Crippen LogP contribution in [0.25, 0.3) is 76.9 Å². The lowest BCUT2D eigenvalue weighted by Gasteiger charge is -2.27. The van der Waals surface area contributed by atoms with Gasteiger partial charge in [-0.25, -0.2) is 0 Å². The number of rotatable bonds is 4. The van der Waals surface area contributed by atoms with Crippen molar-refractivity contribution in [1.29, 1.82) is 0 Å². The molecule has 11 rings (SSSR count). The molecule has 52 heavy (non-hydrogen) atoms. The third-order valence-electron chi connectivity index (χ3n) is 11.2. The fourth-order valence-electron chi connectivity index (χ4n) is 8.60. The Morgan fingerprint density at radius 1 is 0.385 bits per heavy atom. The number of hydrogen-bond donors (Lipinski definition) is 0. The second kappa shape index (κ2) is 10.7. The van der Waals surface area contributed by atoms with Gasteiger partial charge in [0.1, 0.15) is 22.3 Å². The molecule has 0 radical (unpaired) electrons. The summed E-state index contributed by atoms with van der Waals surface area (Å²) in [6, 6.07) is 59.0. The summed E-state index contributed by atoms with van der Waals surface area (Å²) >= 11 is 0. The van der Waals surface area contributed by atoms with Gasteiger partial charge >= 0.3 is 0 Å². The molecule has 0 aliphatic heterocycles. The van der Waals surface area contributed by atoms with E-state index in [1.54, 1.807) is 0 Å². The molecule has 0 amide bonds. The maximum absolute atomic E-state index is 6.39. The fourth-order valence-corrected chi connectivity index (χ4v) is 8.60. The van der Waals surface area contributed by atoms with E-state index in [2.05, 4.69) is 158 Å². The molecule has 2 heterocycles. The molecule has 0 bridgehead atoms. The monoisotopic (exact) mass is 667 g/mol. The van der Waals surface area contributed by atoms with E-state index in [1.807, 2.05) is 24.3 Å². The van der Waals surface area contributed by atoms with Gasteiger partial charge in [0.15, 0.2) is 0 Å². The third-order valence-corrected chi connectivity index (χ3v) is 11.2. The minimum Gasteiger partial charge on any atom is -0.456 e. The van der Waals surface area contributed by atoms with E-state index in [-0.39, 0.29) is 5.41 Å². The van der Waals surface area contributed by atoms with E-state index >= 15 is 0 Å². The average Bonchev–Trinajstić information content (AvgIpc) is 3.81. The van der Waals surface area contributed by atoms with E-state index in [4.69, 9.17) is 8.83 Å². The van der Waals surface area contributed by atoms with Crippen LogP contribution in [0.3, 0.4) is 0 Å². The highest BCUT2D eigenvalue weighted by Gasteiger charge is 2.35. The van der Waals surface area contributed by atoms with Crippen molar-refractivity contribution in [1.82, 2.24) is 0 Å². The van der Waals surface area contributed by atoms with Gasteiger partial charge in [-0.15, -0.1) is 0 Å². The lowest BCUT2D eigenvalue weighted by atomic mass is 9.82. The maximum Gasteiger partial charge on any atom is 0.137 e. The molecule has 0 N–H and O–H groups in total. The average molecular weight is 668 g/mol. The third kappa shape index (κ3) is 4.26. The SMILES string of the molecule is CC1(C)c2ccccc2-c2cc(N(c3ccc(-c4ccc5cc6oc7ccccc7c6cc5c4)cc3)c3ccc4c(c3)oc3ccccc34)ccc21. The first-order chi connectivity index (χ1) is 25.5. The summed E-state index contributed by atoms with van der Waals surface area (Å²) in [6.45, 7) is 4.66. The zero-order valence-electron chi connectivity index (χ0n) is 28.9. The molecule has 8 aromatic carbocycles. The predicted octanol–water partition coefficient (Wildman–Crippen LogP) is 14.1.